The number of halogens is 5. The van der Waals surface area contributed by atoms with Crippen LogP contribution in [0.4, 0.5) is 11.6 Å². The summed E-state index contributed by atoms with van der Waals surface area (Å²) in [5, 5.41) is 12.5. The van der Waals surface area contributed by atoms with Crippen molar-refractivity contribution in [1.29, 1.82) is 0 Å². The van der Waals surface area contributed by atoms with Gasteiger partial charge >= 0.3 is 0 Å². The van der Waals surface area contributed by atoms with Gasteiger partial charge in [-0.15, -0.1) is 24.0 Å². The van der Waals surface area contributed by atoms with E-state index in [1.807, 2.05) is 175 Å². The Hall–Kier alpha value is -10.0. The number of rotatable bonds is 12. The predicted molar refractivity (Wildman–Crippen MR) is 421 cm³/mol. The first kappa shape index (κ1) is 72.3. The zero-order valence-electron chi connectivity index (χ0n) is 56.4. The van der Waals surface area contributed by atoms with Crippen molar-refractivity contribution in [3.63, 3.8) is 0 Å². The molecule has 0 aliphatic carbocycles. The Morgan fingerprint density at radius 1 is 0.471 bits per heavy atom. The lowest BCUT2D eigenvalue weighted by Gasteiger charge is -2.24. The third-order valence-corrected chi connectivity index (χ3v) is 19.2. The van der Waals surface area contributed by atoms with E-state index in [9.17, 15) is 14.4 Å². The molecule has 15 aromatic rings. The van der Waals surface area contributed by atoms with E-state index in [1.54, 1.807) is 50.9 Å². The van der Waals surface area contributed by atoms with Crippen molar-refractivity contribution in [3.05, 3.63) is 270 Å². The van der Waals surface area contributed by atoms with Crippen LogP contribution in [0.25, 0.3) is 82.9 Å². The molecule has 9 aromatic heterocycles. The molecule has 2 unspecified atom stereocenters. The number of ether oxygens (including phenoxy) is 2. The number of aromatic amines is 1. The Kier molecular flexibility index (Phi) is 22.5. The minimum atomic E-state index is -0.282. The number of hydrogen-bond acceptors (Lipinski definition) is 17. The number of nitrogens with zero attached hydrogens (tertiary/aromatic N) is 14. The van der Waals surface area contributed by atoms with Crippen molar-refractivity contribution in [2.24, 2.45) is 5.73 Å². The Balaban J connectivity index is 0.000000128. The summed E-state index contributed by atoms with van der Waals surface area (Å²) >= 11 is 25.0. The van der Waals surface area contributed by atoms with Gasteiger partial charge in [0, 0.05) is 53.4 Å². The molecule has 28 heteroatoms. The molecule has 5 atom stereocenters. The van der Waals surface area contributed by atoms with Crippen molar-refractivity contribution in [3.8, 4) is 17.1 Å². The minimum absolute atomic E-state index is 0. The summed E-state index contributed by atoms with van der Waals surface area (Å²) in [5.74, 6) is 1.21. The Morgan fingerprint density at radius 2 is 0.885 bits per heavy atom. The van der Waals surface area contributed by atoms with Gasteiger partial charge in [0.05, 0.1) is 62.3 Å². The quantitative estimate of drug-likeness (QED) is 0.0653. The molecule has 2 aliphatic rings. The number of hydrogen-bond donors (Lipinski definition) is 4. The number of anilines is 2. The zero-order valence-corrected chi connectivity index (χ0v) is 61.7. The summed E-state index contributed by atoms with van der Waals surface area (Å²) in [5.41, 5.74) is 14.3. The van der Waals surface area contributed by atoms with Gasteiger partial charge in [-0.05, 0) is 148 Å². The summed E-state index contributed by atoms with van der Waals surface area (Å²) in [6.45, 7) is 7.38. The van der Waals surface area contributed by atoms with Crippen molar-refractivity contribution < 1.29 is 9.47 Å². The van der Waals surface area contributed by atoms with Crippen LogP contribution < -0.4 is 33.0 Å². The Morgan fingerprint density at radius 3 is 1.35 bits per heavy atom. The molecule has 11 heterocycles. The first-order chi connectivity index (χ1) is 50.2. The van der Waals surface area contributed by atoms with Crippen LogP contribution in [0, 0.1) is 0 Å². The maximum absolute atomic E-state index is 13.7. The van der Waals surface area contributed by atoms with E-state index in [1.165, 1.54) is 25.4 Å². The van der Waals surface area contributed by atoms with Gasteiger partial charge in [0.2, 0.25) is 0 Å². The van der Waals surface area contributed by atoms with E-state index in [0.717, 1.165) is 107 Å². The highest BCUT2D eigenvalue weighted by Gasteiger charge is 2.26. The van der Waals surface area contributed by atoms with Crippen LogP contribution in [0.1, 0.15) is 107 Å². The second-order valence-corrected chi connectivity index (χ2v) is 26.3. The van der Waals surface area contributed by atoms with Gasteiger partial charge in [-0.1, -0.05) is 137 Å². The molecule has 0 bridgehead atoms. The Labute approximate surface area is 632 Å². The van der Waals surface area contributed by atoms with Crippen molar-refractivity contribution in [1.82, 2.24) is 72.7 Å². The van der Waals surface area contributed by atoms with E-state index in [-0.39, 0.29) is 71.2 Å². The fraction of sp³-hybridized carbons (Fsp3) is 0.211. The molecule has 23 nitrogen and oxygen atoms in total. The van der Waals surface area contributed by atoms with E-state index in [2.05, 4.69) is 60.5 Å². The number of pyridine rings is 3. The van der Waals surface area contributed by atoms with Gasteiger partial charge in [0.15, 0.2) is 39.2 Å². The highest BCUT2D eigenvalue weighted by Crippen LogP contribution is 2.34. The van der Waals surface area contributed by atoms with Crippen LogP contribution in [0.3, 0.4) is 0 Å². The molecular weight excluding hydrogens is 1510 g/mol. The predicted octanol–water partition coefficient (Wildman–Crippen LogP) is 16.6. The topological polar surface area (TPSA) is 276 Å². The number of H-pyrrole nitrogens is 1. The fourth-order valence-electron chi connectivity index (χ4n) is 13.0. The van der Waals surface area contributed by atoms with Crippen LogP contribution in [0.2, 0.25) is 20.2 Å². The Bertz CT molecular complexity index is 5750. The smallest absolute Gasteiger partial charge is 0.264 e. The molecule has 0 saturated carbocycles. The zero-order chi connectivity index (χ0) is 71.3. The number of imidazole rings is 3. The van der Waals surface area contributed by atoms with Gasteiger partial charge in [-0.25, -0.2) is 44.9 Å². The molecule has 528 valence electrons. The van der Waals surface area contributed by atoms with Crippen LogP contribution in [0.5, 0.6) is 0 Å². The van der Waals surface area contributed by atoms with Crippen molar-refractivity contribution in [2.45, 2.75) is 89.9 Å². The molecule has 0 spiro atoms. The van der Waals surface area contributed by atoms with E-state index < -0.39 is 0 Å². The SMILES string of the molecule is C[C@H](N)c1cc2cccc(Cl)c2c(=O)n1-c1ccccc1.C[C@H](Nc1ncnc2c1ncn2C1CCCCO1)c1cc2cccc(Cl)c2c(=O)n1-c1ccccc1.C[C@H](Nc1ncnc2nc[nH]c12)c1cc2cccc(Cl)c2c(=O)n1-c1ccccc1.Clc1ncnc2c1ncn2C1CCCCO1.I. The standard InChI is InChI=1S/C27H25ClN6O2.C22H17ClN6O.C17H15ClN2O.C10H11ClN4O.HI/c1-17(32-25-24-26(30-15-29-25)33(16-31-24)22-12-5-6-13-36-22)21-14-18-8-7-11-20(28)23(18)27(35)34(21)19-9-3-2-4-10-19;1-13(28-21-19-20(25-11-24-19)26-12-27-21)17-10-14-6-5-9-16(23)18(14)22(30)29(17)15-7-3-2-4-8-15;1-11(19)15-10-12-6-5-9-14(18)16(12)17(21)20(15)13-7-3-2-4-8-13;11-9-8-10(13-5-12-9)15(6-14-8)7-3-1-2-4-16-7;/h2-4,7-11,14-17,22H,5-6,12-13H2,1H3,(H,29,30,32);2-13H,1H3,(H2,24,25,26,27,28);2-11H,19H2,1H3;5-7H,1-4H2;1H/t17-,22?;13-;11-;;/m000../s1. The highest BCUT2D eigenvalue weighted by molar-refractivity contribution is 14.0. The van der Waals surface area contributed by atoms with Crippen LogP contribution in [-0.2, 0) is 9.47 Å². The summed E-state index contributed by atoms with van der Waals surface area (Å²) in [6.07, 6.45) is 15.9. The lowest BCUT2D eigenvalue weighted by Crippen LogP contribution is -2.26. The second kappa shape index (κ2) is 32.3. The van der Waals surface area contributed by atoms with E-state index in [4.69, 9.17) is 61.6 Å². The number of para-hydroxylation sites is 3. The van der Waals surface area contributed by atoms with Crippen molar-refractivity contribution in [2.75, 3.05) is 23.8 Å². The van der Waals surface area contributed by atoms with Crippen LogP contribution in [0.15, 0.2) is 216 Å². The summed E-state index contributed by atoms with van der Waals surface area (Å²) in [4.78, 5) is 81.7. The monoisotopic (exact) mass is 1580 g/mol. The minimum Gasteiger partial charge on any atom is -0.360 e. The van der Waals surface area contributed by atoms with Gasteiger partial charge < -0.3 is 30.8 Å². The number of aromatic nitrogens is 15. The molecule has 2 fully saturated rings. The van der Waals surface area contributed by atoms with Gasteiger partial charge in [-0.2, -0.15) is 0 Å². The maximum atomic E-state index is 13.7. The highest BCUT2D eigenvalue weighted by atomic mass is 127. The first-order valence-corrected chi connectivity index (χ1v) is 35.1. The molecule has 104 heavy (non-hydrogen) atoms. The summed E-state index contributed by atoms with van der Waals surface area (Å²) < 4.78 is 20.6. The largest absolute Gasteiger partial charge is 0.360 e. The van der Waals surface area contributed by atoms with Gasteiger partial charge in [0.1, 0.15) is 42.5 Å². The lowest BCUT2D eigenvalue weighted by molar-refractivity contribution is -0.0299. The first-order valence-electron chi connectivity index (χ1n) is 33.6. The fourth-order valence-corrected chi connectivity index (χ4v) is 14.0. The molecule has 0 radical (unpaired) electrons. The summed E-state index contributed by atoms with van der Waals surface area (Å²) in [7, 11) is 0. The molecule has 2 aliphatic heterocycles. The van der Waals surface area contributed by atoms with E-state index in [0.29, 0.717) is 70.2 Å². The molecule has 6 aromatic carbocycles. The third-order valence-electron chi connectivity index (χ3n) is 18.0. The number of nitrogens with one attached hydrogen (secondary N) is 3. The lowest BCUT2D eigenvalue weighted by atomic mass is 10.1. The normalized spacial score (nSPS) is 15.2. The van der Waals surface area contributed by atoms with Gasteiger partial charge in [0.25, 0.3) is 16.7 Å². The number of nitrogens with two attached hydrogens (primary N) is 1. The van der Waals surface area contributed by atoms with Crippen LogP contribution >= 0.6 is 70.4 Å². The molecule has 0 amide bonds. The average molecular weight is 1580 g/mol. The van der Waals surface area contributed by atoms with Crippen LogP contribution in [-0.4, -0.2) is 85.9 Å². The third kappa shape index (κ3) is 14.9. The number of fused-ring (bicyclic) bond motifs is 6. The molecular formula is C76H69Cl4IN18O5. The molecule has 17 rings (SSSR count). The number of benzene rings is 6. The second-order valence-electron chi connectivity index (χ2n) is 24.8. The molecule has 2 saturated heterocycles. The average Bonchev–Trinajstić information content (AvgIpc) is 0.911. The van der Waals surface area contributed by atoms with Crippen molar-refractivity contribution >= 4 is 148 Å². The maximum Gasteiger partial charge on any atom is 0.264 e. The summed E-state index contributed by atoms with van der Waals surface area (Å²) in [6, 6.07) is 50.1. The van der Waals surface area contributed by atoms with Gasteiger partial charge in [-0.3, -0.25) is 37.2 Å². The van der Waals surface area contributed by atoms with E-state index >= 15 is 0 Å². The molecule has 5 N–H and O–H groups in total.